The Kier molecular flexibility index (Phi) is 13.3. The van der Waals surface area contributed by atoms with Crippen molar-refractivity contribution in [1.82, 2.24) is 0 Å². The summed E-state index contributed by atoms with van der Waals surface area (Å²) in [6, 6.07) is 5.55. The smallest absolute Gasteiger partial charge is 0.383 e. The van der Waals surface area contributed by atoms with Gasteiger partial charge in [-0.15, -0.1) is 0 Å². The quantitative estimate of drug-likeness (QED) is 0.133. The minimum atomic E-state index is -0.567. The fourth-order valence-electron chi connectivity index (χ4n) is 3.53. The van der Waals surface area contributed by atoms with Gasteiger partial charge in [0.25, 0.3) is 0 Å². The van der Waals surface area contributed by atoms with Gasteiger partial charge < -0.3 is 18.6 Å². The SMILES string of the molecule is CCC=CCCOc1c(OC/C=C(\C)CCC=C(C)C)c2cccc(OCCC=CCC)c2oc1=O. The summed E-state index contributed by atoms with van der Waals surface area (Å²) in [6.07, 6.45) is 18.0. The molecule has 0 bridgehead atoms. The lowest BCUT2D eigenvalue weighted by Gasteiger charge is -2.14. The average molecular weight is 495 g/mol. The first-order chi connectivity index (χ1) is 17.5. The molecule has 196 valence electrons. The van der Waals surface area contributed by atoms with Gasteiger partial charge in [0.1, 0.15) is 6.61 Å². The molecule has 1 aromatic carbocycles. The third-order valence-electron chi connectivity index (χ3n) is 5.44. The zero-order chi connectivity index (χ0) is 26.2. The molecule has 2 aromatic rings. The summed E-state index contributed by atoms with van der Waals surface area (Å²) in [5.74, 6) is 1.02. The Morgan fingerprint density at radius 3 is 2.19 bits per heavy atom. The minimum Gasteiger partial charge on any atom is -0.489 e. The van der Waals surface area contributed by atoms with E-state index in [4.69, 9.17) is 18.6 Å². The first kappa shape index (κ1) is 29.0. The maximum Gasteiger partial charge on any atom is 0.383 e. The first-order valence-electron chi connectivity index (χ1n) is 13.0. The molecule has 0 radical (unpaired) electrons. The van der Waals surface area contributed by atoms with Gasteiger partial charge in [-0.2, -0.15) is 0 Å². The largest absolute Gasteiger partial charge is 0.489 e. The Labute approximate surface area is 216 Å². The lowest BCUT2D eigenvalue weighted by atomic mass is 10.1. The molecule has 0 saturated carbocycles. The Hall–Kier alpha value is -3.21. The molecule has 0 N–H and O–H groups in total. The summed E-state index contributed by atoms with van der Waals surface area (Å²) >= 11 is 0. The van der Waals surface area contributed by atoms with Crippen LogP contribution in [0.25, 0.3) is 11.0 Å². The number of hydrogen-bond acceptors (Lipinski definition) is 5. The van der Waals surface area contributed by atoms with Crippen molar-refractivity contribution >= 4 is 11.0 Å². The highest BCUT2D eigenvalue weighted by molar-refractivity contribution is 5.89. The van der Waals surface area contributed by atoms with E-state index >= 15 is 0 Å². The molecule has 1 heterocycles. The summed E-state index contributed by atoms with van der Waals surface area (Å²) in [5.41, 5.74) is 2.36. The summed E-state index contributed by atoms with van der Waals surface area (Å²) in [6.45, 7) is 11.7. The number of ether oxygens (including phenoxy) is 3. The van der Waals surface area contributed by atoms with Gasteiger partial charge in [0.2, 0.25) is 5.75 Å². The highest BCUT2D eigenvalue weighted by atomic mass is 16.5. The standard InChI is InChI=1S/C31H42O5/c1-6-8-10-12-21-33-27-19-15-18-26-28(27)36-31(32)30(34-22-13-11-9-7-2)29(26)35-23-20-25(5)17-14-16-24(3)4/h8-11,15-16,18-20H,6-7,12-14,17,21-23H2,1-5H3/b10-8?,11-9?,25-20+. The second kappa shape index (κ2) is 16.5. The topological polar surface area (TPSA) is 57.9 Å². The lowest BCUT2D eigenvalue weighted by molar-refractivity contribution is 0.274. The van der Waals surface area contributed by atoms with E-state index in [-0.39, 0.29) is 5.75 Å². The van der Waals surface area contributed by atoms with E-state index in [9.17, 15) is 4.79 Å². The van der Waals surface area contributed by atoms with E-state index in [1.54, 1.807) is 0 Å². The molecule has 0 aliphatic heterocycles. The highest BCUT2D eigenvalue weighted by Crippen LogP contribution is 2.37. The maximum absolute atomic E-state index is 13.0. The van der Waals surface area contributed by atoms with Crippen molar-refractivity contribution in [3.05, 3.63) is 76.2 Å². The van der Waals surface area contributed by atoms with Crippen LogP contribution in [0.5, 0.6) is 17.2 Å². The molecule has 2 rings (SSSR count). The van der Waals surface area contributed by atoms with Gasteiger partial charge in [0.05, 0.1) is 18.6 Å². The molecule has 0 fully saturated rings. The van der Waals surface area contributed by atoms with Gasteiger partial charge in [-0.3, -0.25) is 0 Å². The van der Waals surface area contributed by atoms with E-state index in [1.807, 2.05) is 30.4 Å². The van der Waals surface area contributed by atoms with Crippen molar-refractivity contribution in [3.63, 3.8) is 0 Å². The molecule has 0 saturated heterocycles. The molecule has 0 amide bonds. The van der Waals surface area contributed by atoms with Gasteiger partial charge >= 0.3 is 5.63 Å². The van der Waals surface area contributed by atoms with Crippen LogP contribution in [0.3, 0.4) is 0 Å². The fraction of sp³-hybridized carbons (Fsp3) is 0.452. The minimum absolute atomic E-state index is 0.103. The molecule has 0 aliphatic carbocycles. The second-order valence-corrected chi connectivity index (χ2v) is 8.90. The van der Waals surface area contributed by atoms with Crippen LogP contribution in [0.4, 0.5) is 0 Å². The summed E-state index contributed by atoms with van der Waals surface area (Å²) in [5, 5.41) is 0.658. The third-order valence-corrected chi connectivity index (χ3v) is 5.44. The predicted molar refractivity (Wildman–Crippen MR) is 149 cm³/mol. The van der Waals surface area contributed by atoms with Gasteiger partial charge in [0.15, 0.2) is 17.1 Å². The van der Waals surface area contributed by atoms with Gasteiger partial charge in [-0.1, -0.05) is 61.4 Å². The molecule has 36 heavy (non-hydrogen) atoms. The second-order valence-electron chi connectivity index (χ2n) is 8.90. The molecule has 0 spiro atoms. The Balaban J connectivity index is 2.31. The third kappa shape index (κ3) is 9.80. The number of fused-ring (bicyclic) bond motifs is 1. The summed E-state index contributed by atoms with van der Waals surface area (Å²) in [7, 11) is 0. The van der Waals surface area contributed by atoms with Gasteiger partial charge in [0, 0.05) is 0 Å². The van der Waals surface area contributed by atoms with Crippen molar-refractivity contribution in [2.24, 2.45) is 0 Å². The van der Waals surface area contributed by atoms with Crippen molar-refractivity contribution in [2.75, 3.05) is 19.8 Å². The van der Waals surface area contributed by atoms with Gasteiger partial charge in [-0.05, 0) is 77.5 Å². The van der Waals surface area contributed by atoms with Crippen molar-refractivity contribution < 1.29 is 18.6 Å². The summed E-state index contributed by atoms with van der Waals surface area (Å²) < 4.78 is 23.7. The molecule has 5 nitrogen and oxygen atoms in total. The lowest BCUT2D eigenvalue weighted by Crippen LogP contribution is -2.12. The van der Waals surface area contributed by atoms with Crippen LogP contribution < -0.4 is 19.8 Å². The van der Waals surface area contributed by atoms with Crippen LogP contribution in [0.2, 0.25) is 0 Å². The van der Waals surface area contributed by atoms with E-state index in [2.05, 4.69) is 58.9 Å². The summed E-state index contributed by atoms with van der Waals surface area (Å²) in [4.78, 5) is 13.0. The zero-order valence-electron chi connectivity index (χ0n) is 22.6. The molecule has 1 aromatic heterocycles. The van der Waals surface area contributed by atoms with E-state index < -0.39 is 5.63 Å². The van der Waals surface area contributed by atoms with Crippen LogP contribution in [-0.4, -0.2) is 19.8 Å². The van der Waals surface area contributed by atoms with E-state index in [0.717, 1.165) is 32.1 Å². The molecule has 5 heteroatoms. The van der Waals surface area contributed by atoms with Crippen LogP contribution in [-0.2, 0) is 0 Å². The Bertz CT molecular complexity index is 1110. The van der Waals surface area contributed by atoms with Crippen molar-refractivity contribution in [3.8, 4) is 17.2 Å². The average Bonchev–Trinajstić information content (AvgIpc) is 2.85. The monoisotopic (exact) mass is 494 g/mol. The molecular weight excluding hydrogens is 452 g/mol. The van der Waals surface area contributed by atoms with Crippen LogP contribution in [0.15, 0.2) is 75.0 Å². The Morgan fingerprint density at radius 1 is 0.833 bits per heavy atom. The number of rotatable bonds is 16. The predicted octanol–water partition coefficient (Wildman–Crippen LogP) is 8.33. The molecule has 0 unspecified atom stereocenters. The highest BCUT2D eigenvalue weighted by Gasteiger charge is 2.20. The molecule has 0 atom stereocenters. The van der Waals surface area contributed by atoms with Gasteiger partial charge in [-0.25, -0.2) is 4.79 Å². The van der Waals surface area contributed by atoms with Crippen molar-refractivity contribution in [2.45, 2.75) is 73.1 Å². The van der Waals surface area contributed by atoms with E-state index in [0.29, 0.717) is 48.7 Å². The zero-order valence-corrected chi connectivity index (χ0v) is 22.6. The van der Waals surface area contributed by atoms with Crippen LogP contribution in [0.1, 0.15) is 73.1 Å². The normalized spacial score (nSPS) is 12.0. The van der Waals surface area contributed by atoms with Crippen molar-refractivity contribution in [1.29, 1.82) is 0 Å². The number of allylic oxidation sites excluding steroid dienone is 5. The maximum atomic E-state index is 13.0. The molecular formula is C31H42O5. The Morgan fingerprint density at radius 2 is 1.53 bits per heavy atom. The fourth-order valence-corrected chi connectivity index (χ4v) is 3.53. The number of benzene rings is 1. The first-order valence-corrected chi connectivity index (χ1v) is 13.0. The number of para-hydroxylation sites is 1. The molecule has 0 aliphatic rings. The van der Waals surface area contributed by atoms with E-state index in [1.165, 1.54) is 11.1 Å². The number of hydrogen-bond donors (Lipinski definition) is 0. The van der Waals surface area contributed by atoms with Crippen LogP contribution >= 0.6 is 0 Å². The van der Waals surface area contributed by atoms with Crippen LogP contribution in [0, 0.1) is 0 Å².